The van der Waals surface area contributed by atoms with Crippen LogP contribution in [0.15, 0.2) is 0 Å². The highest BCUT2D eigenvalue weighted by atomic mass is 16.8. The topological polar surface area (TPSA) is 876 Å². The number of rotatable bonds is 37. The Labute approximate surface area is 731 Å². The first kappa shape index (κ1) is 107. The quantitative estimate of drug-likeness (QED) is 0.0257. The maximum Gasteiger partial charge on any atom is 0.217 e. The predicted molar refractivity (Wildman–Crippen MR) is 398 cm³/mol. The molecule has 10 aliphatic heterocycles. The summed E-state index contributed by atoms with van der Waals surface area (Å²) < 4.78 is 120. The summed E-state index contributed by atoms with van der Waals surface area (Å²) in [6.07, 6.45) is -96.6. The van der Waals surface area contributed by atoms with Crippen LogP contribution in [0.25, 0.3) is 0 Å². The van der Waals surface area contributed by atoms with Crippen molar-refractivity contribution in [2.24, 2.45) is 0 Å². The van der Waals surface area contributed by atoms with Crippen LogP contribution in [-0.4, -0.2) is 553 Å². The lowest BCUT2D eigenvalue weighted by molar-refractivity contribution is -0.399. The van der Waals surface area contributed by atoms with E-state index in [9.17, 15) is 162 Å². The minimum atomic E-state index is -2.62. The van der Waals surface area contributed by atoms with E-state index in [1.807, 2.05) is 0 Å². The number of aliphatic hydroxyl groups is 27. The summed E-state index contributed by atoms with van der Waals surface area (Å²) in [5, 5.41) is 315. The molecule has 10 rings (SSSR count). The van der Waals surface area contributed by atoms with E-state index < -0.39 is 409 Å². The van der Waals surface area contributed by atoms with E-state index in [1.165, 1.54) is 6.92 Å². The van der Waals surface area contributed by atoms with Gasteiger partial charge in [-0.3, -0.25) is 24.0 Å². The van der Waals surface area contributed by atoms with Crippen LogP contribution < -0.4 is 26.6 Å². The molecule has 0 aromatic rings. The minimum Gasteiger partial charge on any atom is -0.394 e. The number of amides is 5. The average molecular weight is 1890 g/mol. The third-order valence-electron chi connectivity index (χ3n) is 23.4. The van der Waals surface area contributed by atoms with Crippen molar-refractivity contribution in [3.63, 3.8) is 0 Å². The lowest BCUT2D eigenvalue weighted by Crippen LogP contribution is -2.71. The molecule has 0 aromatic heterocycles. The van der Waals surface area contributed by atoms with E-state index >= 15 is 0 Å². The van der Waals surface area contributed by atoms with Crippen molar-refractivity contribution >= 4 is 30.0 Å². The highest BCUT2D eigenvalue weighted by Crippen LogP contribution is 2.42. The number of hydrogen-bond donors (Lipinski definition) is 32. The molecule has 57 heteroatoms. The van der Waals surface area contributed by atoms with Crippen LogP contribution in [0.3, 0.4) is 0 Å². The van der Waals surface area contributed by atoms with Crippen LogP contribution >= 0.6 is 0 Å². The van der Waals surface area contributed by atoms with Gasteiger partial charge < -0.3 is 259 Å². The van der Waals surface area contributed by atoms with Gasteiger partial charge in [-0.05, 0) is 6.92 Å². The molecule has 129 heavy (non-hydrogen) atoms. The first-order valence-corrected chi connectivity index (χ1v) is 41.2. The minimum absolute atomic E-state index is 0.233. The molecule has 746 valence electrons. The fraction of sp³-hybridized carbons (Fsp3) is 0.931. The second-order valence-electron chi connectivity index (χ2n) is 32.4. The Hall–Kier alpha value is -4.53. The van der Waals surface area contributed by atoms with Crippen LogP contribution in [0.4, 0.5) is 0 Å². The zero-order valence-electron chi connectivity index (χ0n) is 69.6. The molecule has 5 amide bonds. The standard InChI is InChI=1S/C72H121N5O52/c1-18-37(92)47(102)50(105)68(112-18)129-62-61(128-64-33(74-19(2)88)45(100)38(93)24(7-79)113-64)43(98)29(12-84)118-72(62)123-55-30(13-85)119-63(34(46(55)101)75-20(3)89)111-16-32-44(99)60(127-66-35(76-21(4)90)57(40(95)26(9-81)115-66)124-69-51(106)48(103)39(94)25(8-80)116-69)54(109)71(121-32)125-58-36(77-22(5)91)65(114-27(10-82)41(58)96)126-59-42(97)28(11-83)117-70(53(59)108)122-56-31(14-86)120-67(52(107)49(56)104)110-15-23(6-78)73-17-87/h17-18,23-72,78-86,92-109H,6-16H2,1-5H3,(H,73,87)(H,74,88)(H,75,89)(H,76,90)(H,77,91)/t18-,23+,24+,25+,26+,27+,28+,29+,30+,31+,32+,33+,34+,35+,36+,37+,38-,39-,40+,41+,42-,43-,44-,45+,46+,47+,48-,49+,50-,51+,52+,53+,54+,55+,56+,57+,58+,59-,60-,61-,62+,63+,64+,65-,66-,67+,68-,69-,70-,71-,72-/m0/s1. The van der Waals surface area contributed by atoms with Gasteiger partial charge in [0.2, 0.25) is 30.0 Å². The molecule has 57 nitrogen and oxygen atoms in total. The zero-order chi connectivity index (χ0) is 94.9. The number of nitrogens with one attached hydrogen (secondary N) is 5. The van der Waals surface area contributed by atoms with E-state index in [-0.39, 0.29) is 6.41 Å². The third-order valence-corrected chi connectivity index (χ3v) is 23.4. The second-order valence-corrected chi connectivity index (χ2v) is 32.4. The summed E-state index contributed by atoms with van der Waals surface area (Å²) in [6, 6.07) is -9.00. The molecule has 51 atom stereocenters. The Morgan fingerprint density at radius 3 is 1.02 bits per heavy atom. The molecule has 0 aliphatic carbocycles. The van der Waals surface area contributed by atoms with Crippen LogP contribution in [0, 0.1) is 0 Å². The first-order valence-electron chi connectivity index (χ1n) is 41.2. The Morgan fingerprint density at radius 1 is 0.271 bits per heavy atom. The number of hydrogen-bond acceptors (Lipinski definition) is 52. The number of aliphatic hydroxyl groups excluding tert-OH is 27. The number of carbonyl (C=O) groups is 5. The molecule has 0 bridgehead atoms. The fourth-order valence-corrected chi connectivity index (χ4v) is 16.5. The molecular weight excluding hydrogens is 1770 g/mol. The Bertz CT molecular complexity index is 3480. The van der Waals surface area contributed by atoms with Crippen molar-refractivity contribution in [3.8, 4) is 0 Å². The maximum atomic E-state index is 13.5. The molecule has 10 aliphatic rings. The zero-order valence-corrected chi connectivity index (χ0v) is 69.6. The van der Waals surface area contributed by atoms with Crippen LogP contribution in [0.2, 0.25) is 0 Å². The molecule has 0 unspecified atom stereocenters. The normalized spacial score (nSPS) is 47.8. The van der Waals surface area contributed by atoms with Crippen molar-refractivity contribution in [2.45, 2.75) is 347 Å². The summed E-state index contributed by atoms with van der Waals surface area (Å²) in [4.78, 5) is 63.9. The van der Waals surface area contributed by atoms with E-state index in [2.05, 4.69) is 26.6 Å². The molecule has 0 saturated carbocycles. The van der Waals surface area contributed by atoms with Gasteiger partial charge in [-0.25, -0.2) is 0 Å². The molecule has 10 saturated heterocycles. The van der Waals surface area contributed by atoms with Gasteiger partial charge in [0.15, 0.2) is 62.9 Å². The van der Waals surface area contributed by atoms with E-state index in [1.54, 1.807) is 0 Å². The second kappa shape index (κ2) is 47.5. The monoisotopic (exact) mass is 1890 g/mol. The summed E-state index contributed by atoms with van der Waals surface area (Å²) in [5.74, 6) is -3.94. The van der Waals surface area contributed by atoms with Gasteiger partial charge in [0.1, 0.15) is 238 Å². The third kappa shape index (κ3) is 24.2. The van der Waals surface area contributed by atoms with E-state index in [0.29, 0.717) is 0 Å². The Kier molecular flexibility index (Phi) is 39.2. The van der Waals surface area contributed by atoms with E-state index in [4.69, 9.17) is 94.7 Å². The molecular formula is C72H121N5O52. The van der Waals surface area contributed by atoms with Crippen LogP contribution in [0.5, 0.6) is 0 Å². The average Bonchev–Trinajstić information content (AvgIpc) is 0.763. The van der Waals surface area contributed by atoms with Crippen molar-refractivity contribution in [2.75, 3.05) is 72.7 Å². The SMILES string of the molecule is CC(=O)N[C@H]1[C@H](OC[C@H]2O[C@@H](O[C@H]3[C@H](O)[C@@H](CO)O[C@@H](O[C@H]4[C@@H](O)[C@@H](CO)O[C@@H](O[C@H]5[C@H](O)[C@@H](O)[C@H](OC[C@@H](CO)NC=O)O[C@@H]5CO)[C@@H]4O)[C@@H]3NC(C)=O)[C@H](O)[C@@H](O[C@@H]3O[C@H](CO)[C@@H](O)[C@H](O[C@@H]4O[C@H](CO)[C@H](O)[C@H](O)[C@H]4O)[C@H]3NC(C)=O)[C@H]2O)O[C@H](CO)[C@@H](O[C@@H]2O[C@H](CO)[C@H](O)[C@H](O[C@H]3O[C@H](CO)[C@H](O)[C@H](O)[C@H]3NC(C)=O)[C@H]2O[C@@H]2O[C@@H](C)[C@@H](O)[C@@H](O)[C@@H]2O)[C@@H]1O. The summed E-state index contributed by atoms with van der Waals surface area (Å²) in [5.41, 5.74) is 0. The number of carbonyl (C=O) groups excluding carboxylic acids is 5. The summed E-state index contributed by atoms with van der Waals surface area (Å²) >= 11 is 0. The first-order chi connectivity index (χ1) is 61.2. The summed E-state index contributed by atoms with van der Waals surface area (Å²) in [6.45, 7) is -6.56. The van der Waals surface area contributed by atoms with Gasteiger partial charge in [-0.1, -0.05) is 0 Å². The van der Waals surface area contributed by atoms with Crippen LogP contribution in [0.1, 0.15) is 34.6 Å². The fourth-order valence-electron chi connectivity index (χ4n) is 16.5. The molecule has 10 heterocycles. The lowest BCUT2D eigenvalue weighted by atomic mass is 9.93. The largest absolute Gasteiger partial charge is 0.394 e. The predicted octanol–water partition coefficient (Wildman–Crippen LogP) is -22.1. The van der Waals surface area contributed by atoms with Crippen molar-refractivity contribution in [1.82, 2.24) is 26.6 Å². The molecule has 0 aromatic carbocycles. The highest BCUT2D eigenvalue weighted by Gasteiger charge is 2.63. The van der Waals surface area contributed by atoms with Gasteiger partial charge in [0.25, 0.3) is 0 Å². The van der Waals surface area contributed by atoms with Crippen molar-refractivity contribution < 1.29 is 257 Å². The molecule has 10 fully saturated rings. The van der Waals surface area contributed by atoms with Gasteiger partial charge in [-0.15, -0.1) is 0 Å². The molecule has 32 N–H and O–H groups in total. The van der Waals surface area contributed by atoms with Gasteiger partial charge in [0.05, 0.1) is 84.8 Å². The number of ether oxygens (including phenoxy) is 20. The Balaban J connectivity index is 0.987. The van der Waals surface area contributed by atoms with Gasteiger partial charge in [0, 0.05) is 27.7 Å². The maximum absolute atomic E-state index is 13.5. The van der Waals surface area contributed by atoms with E-state index in [0.717, 1.165) is 27.7 Å². The molecule has 0 spiro atoms. The van der Waals surface area contributed by atoms with Crippen LogP contribution in [-0.2, 0) is 119 Å². The summed E-state index contributed by atoms with van der Waals surface area (Å²) in [7, 11) is 0. The smallest absolute Gasteiger partial charge is 0.217 e. The van der Waals surface area contributed by atoms with Gasteiger partial charge in [-0.2, -0.15) is 0 Å². The van der Waals surface area contributed by atoms with Gasteiger partial charge >= 0.3 is 0 Å². The Morgan fingerprint density at radius 2 is 0.574 bits per heavy atom. The van der Waals surface area contributed by atoms with Crippen molar-refractivity contribution in [3.05, 3.63) is 0 Å². The lowest BCUT2D eigenvalue weighted by Gasteiger charge is -2.51. The molecule has 0 radical (unpaired) electrons. The van der Waals surface area contributed by atoms with Crippen molar-refractivity contribution in [1.29, 1.82) is 0 Å². The highest BCUT2D eigenvalue weighted by molar-refractivity contribution is 5.74.